The summed E-state index contributed by atoms with van der Waals surface area (Å²) < 4.78 is 5.47. The number of hydrogen-bond acceptors (Lipinski definition) is 5. The van der Waals surface area contributed by atoms with Crippen molar-refractivity contribution in [3.05, 3.63) is 0 Å². The fourth-order valence-corrected chi connectivity index (χ4v) is 3.84. The number of ether oxygens (including phenoxy) is 1. The van der Waals surface area contributed by atoms with Crippen LogP contribution in [0.15, 0.2) is 4.99 Å². The number of nitrogens with one attached hydrogen (secondary N) is 2. The average Bonchev–Trinajstić information content (AvgIpc) is 2.77. The van der Waals surface area contributed by atoms with E-state index in [0.29, 0.717) is 32.4 Å². The van der Waals surface area contributed by atoms with E-state index in [-0.39, 0.29) is 17.8 Å². The van der Waals surface area contributed by atoms with Gasteiger partial charge >= 0.3 is 5.97 Å². The number of amides is 2. The summed E-state index contributed by atoms with van der Waals surface area (Å²) in [5.41, 5.74) is 10.7. The lowest BCUT2D eigenvalue weighted by atomic mass is 10.0. The standard InChI is InChI=1S/C26H51N5O4/c1-5-6-7-8-9-10-11-12-13-14-18-35-25(34)22(16-15-17-29-26(27)28)31-24(33)23(19-20(2)3)30-21(4)32/h20,22-23H,5-19H2,1-4H3,(H,30,32)(H,31,33)(H4,27,28,29)/t22-,23-/m0/s1. The molecule has 0 fully saturated rings. The van der Waals surface area contributed by atoms with Crippen molar-refractivity contribution in [2.45, 2.75) is 123 Å². The monoisotopic (exact) mass is 497 g/mol. The maximum Gasteiger partial charge on any atom is 0.328 e. The second-order valence-electron chi connectivity index (χ2n) is 9.74. The Morgan fingerprint density at radius 1 is 0.829 bits per heavy atom. The van der Waals surface area contributed by atoms with E-state index < -0.39 is 24.0 Å². The number of carbonyl (C=O) groups excluding carboxylic acids is 3. The molecule has 0 aliphatic carbocycles. The Balaban J connectivity index is 4.59. The van der Waals surface area contributed by atoms with Crippen molar-refractivity contribution in [2.24, 2.45) is 22.4 Å². The molecule has 35 heavy (non-hydrogen) atoms. The summed E-state index contributed by atoms with van der Waals surface area (Å²) in [4.78, 5) is 41.0. The van der Waals surface area contributed by atoms with Gasteiger partial charge in [-0.15, -0.1) is 0 Å². The van der Waals surface area contributed by atoms with Gasteiger partial charge in [-0.05, 0) is 31.6 Å². The van der Waals surface area contributed by atoms with Crippen molar-refractivity contribution in [2.75, 3.05) is 13.2 Å². The first-order valence-corrected chi connectivity index (χ1v) is 13.5. The highest BCUT2D eigenvalue weighted by atomic mass is 16.5. The van der Waals surface area contributed by atoms with Crippen LogP contribution in [0.25, 0.3) is 0 Å². The van der Waals surface area contributed by atoms with Gasteiger partial charge in [-0.2, -0.15) is 0 Å². The zero-order valence-corrected chi connectivity index (χ0v) is 22.6. The van der Waals surface area contributed by atoms with Crippen molar-refractivity contribution in [1.82, 2.24) is 10.6 Å². The zero-order valence-electron chi connectivity index (χ0n) is 22.6. The van der Waals surface area contributed by atoms with Crippen LogP contribution >= 0.6 is 0 Å². The molecule has 0 aromatic carbocycles. The lowest BCUT2D eigenvalue weighted by molar-refractivity contribution is -0.148. The summed E-state index contributed by atoms with van der Waals surface area (Å²) >= 11 is 0. The fraction of sp³-hybridized carbons (Fsp3) is 0.846. The van der Waals surface area contributed by atoms with E-state index in [2.05, 4.69) is 22.5 Å². The van der Waals surface area contributed by atoms with Crippen molar-refractivity contribution in [3.8, 4) is 0 Å². The van der Waals surface area contributed by atoms with E-state index in [1.807, 2.05) is 13.8 Å². The predicted octanol–water partition coefficient (Wildman–Crippen LogP) is 3.54. The van der Waals surface area contributed by atoms with Gasteiger partial charge in [-0.3, -0.25) is 14.6 Å². The SMILES string of the molecule is CCCCCCCCCCCCOC(=O)[C@H](CCCN=C(N)N)NC(=O)[C@H](CC(C)C)NC(C)=O. The molecule has 0 aromatic heterocycles. The molecule has 0 aromatic rings. The summed E-state index contributed by atoms with van der Waals surface area (Å²) in [7, 11) is 0. The molecule has 0 saturated carbocycles. The van der Waals surface area contributed by atoms with E-state index in [0.717, 1.165) is 19.3 Å². The molecule has 9 nitrogen and oxygen atoms in total. The molecule has 0 aliphatic rings. The molecule has 0 heterocycles. The number of esters is 1. The van der Waals surface area contributed by atoms with Gasteiger partial charge in [0, 0.05) is 13.5 Å². The third kappa shape index (κ3) is 19.7. The highest BCUT2D eigenvalue weighted by Gasteiger charge is 2.27. The molecule has 0 saturated heterocycles. The number of guanidine groups is 1. The first kappa shape index (κ1) is 32.7. The molecular weight excluding hydrogens is 446 g/mol. The van der Waals surface area contributed by atoms with E-state index in [1.54, 1.807) is 0 Å². The van der Waals surface area contributed by atoms with Crippen LogP contribution in [0.5, 0.6) is 0 Å². The molecule has 0 rings (SSSR count). The Labute approximate surface area is 212 Å². The van der Waals surface area contributed by atoms with Crippen LogP contribution in [0.1, 0.15) is 111 Å². The predicted molar refractivity (Wildman–Crippen MR) is 142 cm³/mol. The first-order chi connectivity index (χ1) is 16.7. The molecule has 2 atom stereocenters. The van der Waals surface area contributed by atoms with Crippen molar-refractivity contribution < 1.29 is 19.1 Å². The number of carbonyl (C=O) groups is 3. The van der Waals surface area contributed by atoms with Gasteiger partial charge in [0.2, 0.25) is 11.8 Å². The van der Waals surface area contributed by atoms with Crippen molar-refractivity contribution >= 4 is 23.7 Å². The second-order valence-corrected chi connectivity index (χ2v) is 9.74. The van der Waals surface area contributed by atoms with Crippen LogP contribution in [0, 0.1) is 5.92 Å². The van der Waals surface area contributed by atoms with Gasteiger partial charge in [-0.25, -0.2) is 4.79 Å². The minimum atomic E-state index is -0.816. The van der Waals surface area contributed by atoms with Gasteiger partial charge in [-0.1, -0.05) is 78.6 Å². The molecule has 0 bridgehead atoms. The lowest BCUT2D eigenvalue weighted by Crippen LogP contribution is -2.52. The number of nitrogens with two attached hydrogens (primary N) is 2. The second kappa shape index (κ2) is 21.0. The quantitative estimate of drug-likeness (QED) is 0.0824. The van der Waals surface area contributed by atoms with E-state index in [9.17, 15) is 14.4 Å². The number of unbranched alkanes of at least 4 members (excludes halogenated alkanes) is 9. The average molecular weight is 498 g/mol. The molecular formula is C26H51N5O4. The van der Waals surface area contributed by atoms with E-state index >= 15 is 0 Å². The summed E-state index contributed by atoms with van der Waals surface area (Å²) in [5.74, 6) is -0.974. The minimum Gasteiger partial charge on any atom is -0.464 e. The highest BCUT2D eigenvalue weighted by Crippen LogP contribution is 2.11. The maximum atomic E-state index is 12.8. The molecule has 6 N–H and O–H groups in total. The maximum absolute atomic E-state index is 12.8. The normalized spacial score (nSPS) is 12.6. The fourth-order valence-electron chi connectivity index (χ4n) is 3.84. The largest absolute Gasteiger partial charge is 0.464 e. The summed E-state index contributed by atoms with van der Waals surface area (Å²) in [5, 5.41) is 5.44. The highest BCUT2D eigenvalue weighted by molar-refractivity contribution is 5.90. The van der Waals surface area contributed by atoms with Gasteiger partial charge in [0.05, 0.1) is 6.61 Å². The number of aliphatic imine (C=N–C) groups is 1. The number of rotatable bonds is 21. The van der Waals surface area contributed by atoms with E-state index in [4.69, 9.17) is 16.2 Å². The molecule has 0 radical (unpaired) electrons. The number of hydrogen-bond donors (Lipinski definition) is 4. The van der Waals surface area contributed by atoms with Gasteiger partial charge in [0.25, 0.3) is 0 Å². The Morgan fingerprint density at radius 3 is 1.91 bits per heavy atom. The zero-order chi connectivity index (χ0) is 26.5. The Morgan fingerprint density at radius 2 is 1.40 bits per heavy atom. The number of nitrogens with zero attached hydrogens (tertiary/aromatic N) is 1. The lowest BCUT2D eigenvalue weighted by Gasteiger charge is -2.23. The third-order valence-corrected chi connectivity index (χ3v) is 5.69. The molecule has 9 heteroatoms. The van der Waals surface area contributed by atoms with Crippen LogP contribution in [0.3, 0.4) is 0 Å². The first-order valence-electron chi connectivity index (χ1n) is 13.5. The summed E-state index contributed by atoms with van der Waals surface area (Å²) in [6.07, 6.45) is 13.3. The molecule has 204 valence electrons. The summed E-state index contributed by atoms with van der Waals surface area (Å²) in [6, 6.07) is -1.52. The Bertz CT molecular complexity index is 621. The smallest absolute Gasteiger partial charge is 0.328 e. The van der Waals surface area contributed by atoms with Gasteiger partial charge in [0.15, 0.2) is 5.96 Å². The van der Waals surface area contributed by atoms with Gasteiger partial charge in [0.1, 0.15) is 12.1 Å². The Hall–Kier alpha value is -2.32. The Kier molecular flexibility index (Phi) is 19.6. The van der Waals surface area contributed by atoms with Crippen LogP contribution in [0.4, 0.5) is 0 Å². The van der Waals surface area contributed by atoms with Crippen LogP contribution in [-0.2, 0) is 19.1 Å². The molecule has 0 unspecified atom stereocenters. The third-order valence-electron chi connectivity index (χ3n) is 5.69. The molecule has 0 spiro atoms. The van der Waals surface area contributed by atoms with Crippen molar-refractivity contribution in [3.63, 3.8) is 0 Å². The minimum absolute atomic E-state index is 0.0169. The topological polar surface area (TPSA) is 149 Å². The summed E-state index contributed by atoms with van der Waals surface area (Å²) in [6.45, 7) is 8.21. The van der Waals surface area contributed by atoms with Crippen LogP contribution < -0.4 is 22.1 Å². The molecule has 2 amide bonds. The van der Waals surface area contributed by atoms with Crippen molar-refractivity contribution in [1.29, 1.82) is 0 Å². The van der Waals surface area contributed by atoms with Crippen LogP contribution in [-0.4, -0.2) is 49.0 Å². The molecule has 0 aliphatic heterocycles. The van der Waals surface area contributed by atoms with Gasteiger partial charge < -0.3 is 26.8 Å². The van der Waals surface area contributed by atoms with E-state index in [1.165, 1.54) is 51.9 Å². The van der Waals surface area contributed by atoms with Crippen LogP contribution in [0.2, 0.25) is 0 Å².